The molecule has 0 saturated heterocycles. The van der Waals surface area contributed by atoms with Gasteiger partial charge in [-0.1, -0.05) is 0 Å². The molecule has 3 aliphatic rings. The molecule has 2 nitrogen and oxygen atoms in total. The van der Waals surface area contributed by atoms with Gasteiger partial charge in [-0.15, -0.1) is 0 Å². The SMILES string of the molecule is CN(C(=O)c1ccccc1)C12CC([Se]c3ccccc3)(C1)C2. The van der Waals surface area contributed by atoms with Crippen LogP contribution in [0.2, 0.25) is 4.31 Å². The molecule has 3 aliphatic carbocycles. The molecule has 0 N–H and O–H groups in total. The van der Waals surface area contributed by atoms with Crippen molar-refractivity contribution in [2.75, 3.05) is 7.05 Å². The van der Waals surface area contributed by atoms with Gasteiger partial charge in [-0.05, 0) is 0 Å². The zero-order valence-electron chi connectivity index (χ0n) is 12.7. The number of carbonyl (C=O) groups excluding carboxylic acids is 1. The summed E-state index contributed by atoms with van der Waals surface area (Å²) in [5.41, 5.74) is 0.945. The Labute approximate surface area is 137 Å². The van der Waals surface area contributed by atoms with Crippen molar-refractivity contribution in [3.63, 3.8) is 0 Å². The van der Waals surface area contributed by atoms with E-state index in [1.807, 2.05) is 42.3 Å². The first-order valence-corrected chi connectivity index (χ1v) is 9.41. The maximum absolute atomic E-state index is 12.6. The molecule has 22 heavy (non-hydrogen) atoms. The van der Waals surface area contributed by atoms with E-state index < -0.39 is 0 Å². The molecule has 0 heterocycles. The van der Waals surface area contributed by atoms with Crippen LogP contribution in [0.25, 0.3) is 0 Å². The molecule has 112 valence electrons. The van der Waals surface area contributed by atoms with Gasteiger partial charge in [0.2, 0.25) is 0 Å². The van der Waals surface area contributed by atoms with Crippen molar-refractivity contribution >= 4 is 25.3 Å². The van der Waals surface area contributed by atoms with E-state index in [9.17, 15) is 4.79 Å². The van der Waals surface area contributed by atoms with Crippen LogP contribution in [0, 0.1) is 0 Å². The van der Waals surface area contributed by atoms with E-state index in [0.717, 1.165) is 5.56 Å². The minimum absolute atomic E-state index is 0.142. The van der Waals surface area contributed by atoms with Gasteiger partial charge in [0.15, 0.2) is 0 Å². The van der Waals surface area contributed by atoms with Crippen LogP contribution in [0.3, 0.4) is 0 Å². The topological polar surface area (TPSA) is 20.3 Å². The molecular formula is C19H19NOSe. The number of hydrogen-bond donors (Lipinski definition) is 0. The van der Waals surface area contributed by atoms with Gasteiger partial charge in [0.1, 0.15) is 0 Å². The quantitative estimate of drug-likeness (QED) is 0.772. The first-order chi connectivity index (χ1) is 10.6. The van der Waals surface area contributed by atoms with E-state index in [2.05, 4.69) is 30.3 Å². The van der Waals surface area contributed by atoms with Gasteiger partial charge in [0, 0.05) is 0 Å². The first-order valence-electron chi connectivity index (χ1n) is 7.70. The molecule has 2 aromatic rings. The third-order valence-corrected chi connectivity index (χ3v) is 7.95. The van der Waals surface area contributed by atoms with Crippen LogP contribution >= 0.6 is 0 Å². The molecule has 1 amide bonds. The molecule has 0 unspecified atom stereocenters. The monoisotopic (exact) mass is 357 g/mol. The van der Waals surface area contributed by atoms with Crippen LogP contribution in [-0.4, -0.2) is 38.4 Å². The van der Waals surface area contributed by atoms with E-state index in [1.54, 1.807) is 0 Å². The summed E-state index contributed by atoms with van der Waals surface area (Å²) in [5, 5.41) is 0. The second-order valence-corrected chi connectivity index (χ2v) is 9.82. The van der Waals surface area contributed by atoms with Gasteiger partial charge >= 0.3 is 137 Å². The average molecular weight is 356 g/mol. The summed E-state index contributed by atoms with van der Waals surface area (Å²) in [7, 11) is 1.98. The number of hydrogen-bond acceptors (Lipinski definition) is 1. The van der Waals surface area contributed by atoms with Crippen molar-refractivity contribution in [2.45, 2.75) is 29.1 Å². The van der Waals surface area contributed by atoms with Crippen LogP contribution in [-0.2, 0) is 0 Å². The molecule has 2 aromatic carbocycles. The Hall–Kier alpha value is -1.57. The summed E-state index contributed by atoms with van der Waals surface area (Å²) < 4.78 is 2.00. The van der Waals surface area contributed by atoms with Crippen LogP contribution < -0.4 is 4.46 Å². The van der Waals surface area contributed by atoms with Crippen molar-refractivity contribution in [3.8, 4) is 0 Å². The van der Waals surface area contributed by atoms with Crippen LogP contribution in [0.15, 0.2) is 60.7 Å². The van der Waals surface area contributed by atoms with Crippen LogP contribution in [0.1, 0.15) is 29.6 Å². The van der Waals surface area contributed by atoms with Gasteiger partial charge in [0.25, 0.3) is 0 Å². The fourth-order valence-electron chi connectivity index (χ4n) is 3.84. The number of benzene rings is 2. The second kappa shape index (κ2) is 4.97. The zero-order chi connectivity index (χ0) is 15.2. The summed E-state index contributed by atoms with van der Waals surface area (Å²) in [6.07, 6.45) is 3.55. The summed E-state index contributed by atoms with van der Waals surface area (Å²) in [4.78, 5) is 14.6. The Kier molecular flexibility index (Phi) is 3.18. The predicted octanol–water partition coefficient (Wildman–Crippen LogP) is 2.88. The van der Waals surface area contributed by atoms with E-state index in [-0.39, 0.29) is 11.4 Å². The molecule has 5 rings (SSSR count). The summed E-state index contributed by atoms with van der Waals surface area (Å²) >= 11 is 0.534. The fourth-order valence-corrected chi connectivity index (χ4v) is 7.65. The van der Waals surface area contributed by atoms with Gasteiger partial charge in [-0.25, -0.2) is 0 Å². The Balaban J connectivity index is 1.42. The van der Waals surface area contributed by atoms with Gasteiger partial charge in [-0.3, -0.25) is 0 Å². The summed E-state index contributed by atoms with van der Waals surface area (Å²) in [5.74, 6) is 0.168. The number of amides is 1. The molecule has 0 aliphatic heterocycles. The molecule has 2 bridgehead atoms. The van der Waals surface area contributed by atoms with Crippen molar-refractivity contribution in [3.05, 3.63) is 66.2 Å². The average Bonchev–Trinajstić information content (AvgIpc) is 2.50. The number of carbonyl (C=O) groups is 1. The van der Waals surface area contributed by atoms with Crippen molar-refractivity contribution < 1.29 is 4.79 Å². The van der Waals surface area contributed by atoms with Crippen LogP contribution in [0.4, 0.5) is 0 Å². The molecule has 0 radical (unpaired) electrons. The summed E-state index contributed by atoms with van der Waals surface area (Å²) in [6.45, 7) is 0. The van der Waals surface area contributed by atoms with Crippen molar-refractivity contribution in [1.29, 1.82) is 0 Å². The fraction of sp³-hybridized carbons (Fsp3) is 0.316. The molecule has 3 saturated carbocycles. The molecular weight excluding hydrogens is 337 g/mol. The van der Waals surface area contributed by atoms with E-state index in [1.165, 1.54) is 23.7 Å². The van der Waals surface area contributed by atoms with E-state index in [0.29, 0.717) is 19.3 Å². The Morgan fingerprint density at radius 1 is 0.955 bits per heavy atom. The first kappa shape index (κ1) is 14.0. The normalized spacial score (nSPS) is 28.4. The summed E-state index contributed by atoms with van der Waals surface area (Å²) in [6, 6.07) is 20.5. The van der Waals surface area contributed by atoms with E-state index >= 15 is 0 Å². The Bertz CT molecular complexity index is 678. The maximum atomic E-state index is 12.6. The van der Waals surface area contributed by atoms with E-state index in [4.69, 9.17) is 0 Å². The molecule has 3 heteroatoms. The zero-order valence-corrected chi connectivity index (χ0v) is 14.4. The molecule has 0 spiro atoms. The second-order valence-electron chi connectivity index (χ2n) is 6.58. The number of nitrogens with zero attached hydrogens (tertiary/aromatic N) is 1. The van der Waals surface area contributed by atoms with Gasteiger partial charge in [-0.2, -0.15) is 0 Å². The Morgan fingerprint density at radius 2 is 1.50 bits per heavy atom. The minimum atomic E-state index is 0.142. The Morgan fingerprint density at radius 3 is 2.09 bits per heavy atom. The molecule has 3 fully saturated rings. The van der Waals surface area contributed by atoms with Crippen molar-refractivity contribution in [1.82, 2.24) is 4.90 Å². The van der Waals surface area contributed by atoms with Gasteiger partial charge < -0.3 is 0 Å². The standard InChI is InChI=1S/C19H19NOSe/c1-20(17(21)15-8-4-2-5-9-15)18-12-19(13-18,14-18)22-16-10-6-3-7-11-16/h2-11H,12-14H2,1H3. The number of rotatable bonds is 4. The predicted molar refractivity (Wildman–Crippen MR) is 89.6 cm³/mol. The third-order valence-electron chi connectivity index (χ3n) is 5.07. The molecule has 0 atom stereocenters. The third kappa shape index (κ3) is 2.12. The van der Waals surface area contributed by atoms with Gasteiger partial charge in [0.05, 0.1) is 0 Å². The van der Waals surface area contributed by atoms with Crippen LogP contribution in [0.5, 0.6) is 0 Å². The van der Waals surface area contributed by atoms with Crippen molar-refractivity contribution in [2.24, 2.45) is 0 Å². The molecule has 0 aromatic heterocycles.